The van der Waals surface area contributed by atoms with E-state index in [0.717, 1.165) is 18.4 Å². The molecule has 0 aliphatic rings. The number of aromatic nitrogens is 2. The van der Waals surface area contributed by atoms with E-state index in [0.29, 0.717) is 16.7 Å². The van der Waals surface area contributed by atoms with Gasteiger partial charge in [0.1, 0.15) is 0 Å². The first kappa shape index (κ1) is 12.1. The molecule has 0 bridgehead atoms. The molecule has 0 unspecified atom stereocenters. The number of nitrogens with zero attached hydrogens (tertiary/aromatic N) is 2. The van der Waals surface area contributed by atoms with Crippen LogP contribution < -0.4 is 5.73 Å². The molecular weight excluding hydrogens is 238 g/mol. The molecule has 0 aliphatic heterocycles. The van der Waals surface area contributed by atoms with E-state index in [1.54, 1.807) is 6.07 Å². The van der Waals surface area contributed by atoms with E-state index >= 15 is 0 Å². The van der Waals surface area contributed by atoms with E-state index in [1.165, 1.54) is 0 Å². The minimum absolute atomic E-state index is 0.205. The van der Waals surface area contributed by atoms with Crippen LogP contribution in [-0.2, 0) is 0 Å². The van der Waals surface area contributed by atoms with Crippen LogP contribution in [0.4, 0.5) is 0 Å². The summed E-state index contributed by atoms with van der Waals surface area (Å²) in [6, 6.07) is 7.17. The zero-order chi connectivity index (χ0) is 12.3. The number of hydrogen-bond donors (Lipinski definition) is 1. The highest BCUT2D eigenvalue weighted by molar-refractivity contribution is 6.33. The van der Waals surface area contributed by atoms with E-state index in [-0.39, 0.29) is 6.04 Å². The quantitative estimate of drug-likeness (QED) is 0.906. The molecule has 1 aromatic carbocycles. The summed E-state index contributed by atoms with van der Waals surface area (Å²) in [6.07, 6.45) is 1.80. The molecule has 2 aromatic rings. The van der Waals surface area contributed by atoms with Crippen molar-refractivity contribution >= 4 is 11.6 Å². The molecule has 0 spiro atoms. The monoisotopic (exact) mass is 251 g/mol. The van der Waals surface area contributed by atoms with Crippen molar-refractivity contribution in [2.75, 3.05) is 0 Å². The van der Waals surface area contributed by atoms with Gasteiger partial charge in [0.05, 0.1) is 11.1 Å². The van der Waals surface area contributed by atoms with Crippen LogP contribution in [0.15, 0.2) is 28.8 Å². The van der Waals surface area contributed by atoms with Crippen LogP contribution in [0, 0.1) is 0 Å². The number of benzene rings is 1. The lowest BCUT2D eigenvalue weighted by Crippen LogP contribution is -2.09. The summed E-state index contributed by atoms with van der Waals surface area (Å²) in [4.78, 5) is 4.27. The average Bonchev–Trinajstić information content (AvgIpc) is 2.79. The molecule has 1 aromatic heterocycles. The number of rotatable bonds is 4. The fourth-order valence-electron chi connectivity index (χ4n) is 1.57. The normalized spacial score (nSPS) is 12.6. The fourth-order valence-corrected chi connectivity index (χ4v) is 1.79. The van der Waals surface area contributed by atoms with Crippen LogP contribution in [0.25, 0.3) is 11.4 Å². The third-order valence-electron chi connectivity index (χ3n) is 2.47. The van der Waals surface area contributed by atoms with Gasteiger partial charge in [-0.25, -0.2) is 0 Å². The Balaban J connectivity index is 2.27. The van der Waals surface area contributed by atoms with Crippen molar-refractivity contribution < 1.29 is 4.52 Å². The van der Waals surface area contributed by atoms with Crippen LogP contribution in [0.5, 0.6) is 0 Å². The zero-order valence-corrected chi connectivity index (χ0v) is 10.3. The lowest BCUT2D eigenvalue weighted by atomic mass is 10.2. The molecule has 1 atom stereocenters. The van der Waals surface area contributed by atoms with E-state index < -0.39 is 0 Å². The van der Waals surface area contributed by atoms with Crippen molar-refractivity contribution in [2.24, 2.45) is 5.73 Å². The maximum absolute atomic E-state index is 6.06. The lowest BCUT2D eigenvalue weighted by molar-refractivity contribution is 0.348. The number of nitrogens with two attached hydrogens (primary N) is 1. The molecule has 1 heterocycles. The summed E-state index contributed by atoms with van der Waals surface area (Å²) in [6.45, 7) is 2.06. The van der Waals surface area contributed by atoms with Gasteiger partial charge in [-0.2, -0.15) is 4.98 Å². The summed E-state index contributed by atoms with van der Waals surface area (Å²) in [5, 5.41) is 4.50. The van der Waals surface area contributed by atoms with Crippen molar-refractivity contribution in [3.05, 3.63) is 35.2 Å². The van der Waals surface area contributed by atoms with Gasteiger partial charge in [0, 0.05) is 5.56 Å². The summed E-state index contributed by atoms with van der Waals surface area (Å²) < 4.78 is 5.14. The molecule has 2 N–H and O–H groups in total. The van der Waals surface area contributed by atoms with E-state index in [1.807, 2.05) is 18.2 Å². The summed E-state index contributed by atoms with van der Waals surface area (Å²) in [5.74, 6) is 0.943. The zero-order valence-electron chi connectivity index (χ0n) is 9.56. The maximum Gasteiger partial charge on any atom is 0.243 e. The molecule has 5 heteroatoms. The molecule has 4 nitrogen and oxygen atoms in total. The minimum Gasteiger partial charge on any atom is -0.337 e. The third-order valence-corrected chi connectivity index (χ3v) is 2.80. The predicted octanol–water partition coefficient (Wildman–Crippen LogP) is 3.19. The molecule has 0 saturated heterocycles. The maximum atomic E-state index is 6.06. The molecule has 0 amide bonds. The van der Waals surface area contributed by atoms with Gasteiger partial charge < -0.3 is 10.3 Å². The highest BCUT2D eigenvalue weighted by atomic mass is 35.5. The number of hydrogen-bond acceptors (Lipinski definition) is 4. The Morgan fingerprint density at radius 2 is 2.18 bits per heavy atom. The van der Waals surface area contributed by atoms with E-state index in [4.69, 9.17) is 21.9 Å². The molecule has 0 fully saturated rings. The van der Waals surface area contributed by atoms with Crippen LogP contribution in [0.1, 0.15) is 31.7 Å². The predicted molar refractivity (Wildman–Crippen MR) is 66.6 cm³/mol. The largest absolute Gasteiger partial charge is 0.337 e. The van der Waals surface area contributed by atoms with Crippen molar-refractivity contribution in [1.29, 1.82) is 0 Å². The Kier molecular flexibility index (Phi) is 3.76. The SMILES string of the molecule is CCC[C@@H](N)c1nc(-c2ccccc2Cl)no1. The second-order valence-corrected chi connectivity index (χ2v) is 4.24. The van der Waals surface area contributed by atoms with Crippen LogP contribution in [0.2, 0.25) is 5.02 Å². The average molecular weight is 252 g/mol. The van der Waals surface area contributed by atoms with Crippen LogP contribution >= 0.6 is 11.6 Å². The Labute approximate surface area is 105 Å². The summed E-state index contributed by atoms with van der Waals surface area (Å²) in [5.41, 5.74) is 6.66. The van der Waals surface area contributed by atoms with Crippen LogP contribution in [0.3, 0.4) is 0 Å². The van der Waals surface area contributed by atoms with Crippen molar-refractivity contribution in [2.45, 2.75) is 25.8 Å². The van der Waals surface area contributed by atoms with Gasteiger partial charge in [0.15, 0.2) is 0 Å². The highest BCUT2D eigenvalue weighted by Gasteiger charge is 2.15. The molecule has 2 rings (SSSR count). The van der Waals surface area contributed by atoms with Gasteiger partial charge in [-0.3, -0.25) is 0 Å². The molecule has 17 heavy (non-hydrogen) atoms. The van der Waals surface area contributed by atoms with Gasteiger partial charge in [-0.15, -0.1) is 0 Å². The molecule has 0 radical (unpaired) electrons. The van der Waals surface area contributed by atoms with Gasteiger partial charge in [-0.05, 0) is 18.6 Å². The first-order valence-corrected chi connectivity index (χ1v) is 5.94. The Morgan fingerprint density at radius 3 is 2.88 bits per heavy atom. The molecular formula is C12H14ClN3O. The number of halogens is 1. The summed E-state index contributed by atoms with van der Waals surface area (Å²) in [7, 11) is 0. The van der Waals surface area contributed by atoms with Crippen LogP contribution in [-0.4, -0.2) is 10.1 Å². The first-order valence-electron chi connectivity index (χ1n) is 5.56. The van der Waals surface area contributed by atoms with Gasteiger partial charge in [0.25, 0.3) is 0 Å². The van der Waals surface area contributed by atoms with Gasteiger partial charge >= 0.3 is 0 Å². The smallest absolute Gasteiger partial charge is 0.243 e. The second kappa shape index (κ2) is 5.29. The van der Waals surface area contributed by atoms with E-state index in [9.17, 15) is 0 Å². The Bertz CT molecular complexity index is 498. The highest BCUT2D eigenvalue weighted by Crippen LogP contribution is 2.26. The molecule has 90 valence electrons. The van der Waals surface area contributed by atoms with Crippen molar-refractivity contribution in [1.82, 2.24) is 10.1 Å². The third kappa shape index (κ3) is 2.65. The van der Waals surface area contributed by atoms with E-state index in [2.05, 4.69) is 17.1 Å². The minimum atomic E-state index is -0.205. The topological polar surface area (TPSA) is 64.9 Å². The molecule has 0 aliphatic carbocycles. The Morgan fingerprint density at radius 1 is 1.41 bits per heavy atom. The fraction of sp³-hybridized carbons (Fsp3) is 0.333. The van der Waals surface area contributed by atoms with Crippen molar-refractivity contribution in [3.63, 3.8) is 0 Å². The molecule has 0 saturated carbocycles. The Hall–Kier alpha value is -1.39. The van der Waals surface area contributed by atoms with Crippen molar-refractivity contribution in [3.8, 4) is 11.4 Å². The second-order valence-electron chi connectivity index (χ2n) is 3.83. The summed E-state index contributed by atoms with van der Waals surface area (Å²) >= 11 is 6.06. The van der Waals surface area contributed by atoms with Gasteiger partial charge in [-0.1, -0.05) is 42.2 Å². The standard InChI is InChI=1S/C12H14ClN3O/c1-2-5-10(14)12-15-11(16-17-12)8-6-3-4-7-9(8)13/h3-4,6-7,10H,2,5,14H2,1H3/t10-/m1/s1. The van der Waals surface area contributed by atoms with Gasteiger partial charge in [0.2, 0.25) is 11.7 Å². The first-order chi connectivity index (χ1) is 8.22. The lowest BCUT2D eigenvalue weighted by Gasteiger charge is -2.02.